The Morgan fingerprint density at radius 1 is 1.24 bits per heavy atom. The number of hydrogen-bond acceptors (Lipinski definition) is 3. The molecule has 0 amide bonds. The summed E-state index contributed by atoms with van der Waals surface area (Å²) in [6.07, 6.45) is 0. The number of benzene rings is 1. The lowest BCUT2D eigenvalue weighted by Crippen LogP contribution is -2.28. The van der Waals surface area contributed by atoms with E-state index in [-0.39, 0.29) is 6.54 Å². The third-order valence-electron chi connectivity index (χ3n) is 2.90. The van der Waals surface area contributed by atoms with Crippen molar-refractivity contribution in [2.45, 2.75) is 25.3 Å². The van der Waals surface area contributed by atoms with Gasteiger partial charge in [-0.1, -0.05) is 0 Å². The second-order valence-electron chi connectivity index (χ2n) is 4.62. The highest BCUT2D eigenvalue weighted by atomic mass is 32.2. The zero-order valence-corrected chi connectivity index (χ0v) is 12.4. The molecule has 1 heterocycles. The molecule has 0 unspecified atom stereocenters. The summed E-state index contributed by atoms with van der Waals surface area (Å²) < 4.78 is 54.1. The number of rotatable bonds is 5. The van der Waals surface area contributed by atoms with Crippen molar-refractivity contribution in [3.63, 3.8) is 0 Å². The zero-order valence-electron chi connectivity index (χ0n) is 11.6. The first-order valence-corrected chi connectivity index (χ1v) is 7.74. The van der Waals surface area contributed by atoms with E-state index >= 15 is 0 Å². The number of hydrogen-bond donors (Lipinski definition) is 1. The Labute approximate surface area is 121 Å². The van der Waals surface area contributed by atoms with Gasteiger partial charge in [-0.25, -0.2) is 21.9 Å². The standard InChI is InChI=1S/C13H15F2N3O2S/c1-9-7-10(2)18(17-9)6-5-16-21(19,20)13-4-3-11(14)8-12(13)15/h3-4,7-8,16H,5-6H2,1-2H3. The summed E-state index contributed by atoms with van der Waals surface area (Å²) in [7, 11) is -4.02. The highest BCUT2D eigenvalue weighted by Crippen LogP contribution is 2.15. The summed E-state index contributed by atoms with van der Waals surface area (Å²) in [5.41, 5.74) is 1.74. The maximum Gasteiger partial charge on any atom is 0.243 e. The van der Waals surface area contributed by atoms with Crippen molar-refractivity contribution in [1.82, 2.24) is 14.5 Å². The predicted molar refractivity (Wildman–Crippen MR) is 73.2 cm³/mol. The molecule has 0 fully saturated rings. The van der Waals surface area contributed by atoms with Crippen molar-refractivity contribution in [3.8, 4) is 0 Å². The van der Waals surface area contributed by atoms with Gasteiger partial charge in [0.15, 0.2) is 0 Å². The average Bonchev–Trinajstić information content (AvgIpc) is 2.67. The van der Waals surface area contributed by atoms with Gasteiger partial charge in [0, 0.05) is 18.3 Å². The molecule has 0 saturated carbocycles. The molecule has 0 atom stereocenters. The molecule has 8 heteroatoms. The molecule has 0 radical (unpaired) electrons. The van der Waals surface area contributed by atoms with Gasteiger partial charge in [0.25, 0.3) is 0 Å². The smallest absolute Gasteiger partial charge is 0.243 e. The van der Waals surface area contributed by atoms with E-state index in [1.165, 1.54) is 0 Å². The van der Waals surface area contributed by atoms with Crippen LogP contribution < -0.4 is 4.72 Å². The van der Waals surface area contributed by atoms with Crippen molar-refractivity contribution in [2.24, 2.45) is 0 Å². The van der Waals surface area contributed by atoms with E-state index in [4.69, 9.17) is 0 Å². The number of aromatic nitrogens is 2. The molecule has 0 aliphatic carbocycles. The fourth-order valence-electron chi connectivity index (χ4n) is 1.96. The Morgan fingerprint density at radius 3 is 2.52 bits per heavy atom. The van der Waals surface area contributed by atoms with Crippen LogP contribution in [0.15, 0.2) is 29.2 Å². The maximum absolute atomic E-state index is 13.5. The third-order valence-corrected chi connectivity index (χ3v) is 4.40. The van der Waals surface area contributed by atoms with Crippen LogP contribution in [0.3, 0.4) is 0 Å². The Morgan fingerprint density at radius 2 is 1.95 bits per heavy atom. The van der Waals surface area contributed by atoms with Crippen LogP contribution >= 0.6 is 0 Å². The molecule has 0 aliphatic heterocycles. The Balaban J connectivity index is 2.06. The van der Waals surface area contributed by atoms with Crippen LogP contribution in [0, 0.1) is 25.5 Å². The van der Waals surface area contributed by atoms with Crippen molar-refractivity contribution >= 4 is 10.0 Å². The fraction of sp³-hybridized carbons (Fsp3) is 0.308. The molecular formula is C13H15F2N3O2S. The van der Waals surface area contributed by atoms with Gasteiger partial charge >= 0.3 is 0 Å². The first-order chi connectivity index (χ1) is 9.79. The van der Waals surface area contributed by atoms with Gasteiger partial charge in [0.05, 0.1) is 12.2 Å². The van der Waals surface area contributed by atoms with Crippen molar-refractivity contribution in [1.29, 1.82) is 0 Å². The first kappa shape index (κ1) is 15.6. The lowest BCUT2D eigenvalue weighted by Gasteiger charge is -2.08. The van der Waals surface area contributed by atoms with E-state index in [0.29, 0.717) is 12.6 Å². The molecule has 0 saturated heterocycles. The predicted octanol–water partition coefficient (Wildman–Crippen LogP) is 1.76. The summed E-state index contributed by atoms with van der Waals surface area (Å²) in [5.74, 6) is -1.94. The first-order valence-electron chi connectivity index (χ1n) is 6.25. The summed E-state index contributed by atoms with van der Waals surface area (Å²) in [5, 5.41) is 4.19. The van der Waals surface area contributed by atoms with Crippen LogP contribution in [-0.2, 0) is 16.6 Å². The largest absolute Gasteiger partial charge is 0.268 e. The topological polar surface area (TPSA) is 64.0 Å². The molecule has 2 rings (SSSR count). The lowest BCUT2D eigenvalue weighted by atomic mass is 10.3. The number of nitrogens with zero attached hydrogens (tertiary/aromatic N) is 2. The summed E-state index contributed by atoms with van der Waals surface area (Å²) in [6, 6.07) is 4.21. The molecule has 2 aromatic rings. The van der Waals surface area contributed by atoms with E-state index in [1.54, 1.807) is 4.68 Å². The third kappa shape index (κ3) is 3.64. The molecule has 0 spiro atoms. The minimum atomic E-state index is -4.02. The average molecular weight is 315 g/mol. The van der Waals surface area contributed by atoms with Crippen LogP contribution in [0.1, 0.15) is 11.4 Å². The minimum Gasteiger partial charge on any atom is -0.268 e. The number of sulfonamides is 1. The molecule has 0 bridgehead atoms. The van der Waals surface area contributed by atoms with Gasteiger partial charge in [-0.3, -0.25) is 4.68 Å². The minimum absolute atomic E-state index is 0.0567. The van der Waals surface area contributed by atoms with Gasteiger partial charge < -0.3 is 0 Å². The van der Waals surface area contributed by atoms with E-state index in [9.17, 15) is 17.2 Å². The second kappa shape index (κ2) is 5.90. The zero-order chi connectivity index (χ0) is 15.6. The SMILES string of the molecule is Cc1cc(C)n(CCNS(=O)(=O)c2ccc(F)cc2F)n1. The van der Waals surface area contributed by atoms with Gasteiger partial charge in [0.2, 0.25) is 10.0 Å². The van der Waals surface area contributed by atoms with Crippen molar-refractivity contribution < 1.29 is 17.2 Å². The molecule has 1 aromatic heterocycles. The van der Waals surface area contributed by atoms with E-state index in [2.05, 4.69) is 9.82 Å². The van der Waals surface area contributed by atoms with E-state index in [1.807, 2.05) is 19.9 Å². The molecular weight excluding hydrogens is 300 g/mol. The fourth-order valence-corrected chi connectivity index (χ4v) is 3.04. The molecule has 5 nitrogen and oxygen atoms in total. The highest BCUT2D eigenvalue weighted by molar-refractivity contribution is 7.89. The number of aryl methyl sites for hydroxylation is 2. The van der Waals surface area contributed by atoms with E-state index < -0.39 is 26.6 Å². The molecule has 0 aliphatic rings. The van der Waals surface area contributed by atoms with E-state index in [0.717, 1.165) is 23.5 Å². The summed E-state index contributed by atoms with van der Waals surface area (Å²) >= 11 is 0. The molecule has 1 aromatic carbocycles. The normalized spacial score (nSPS) is 11.8. The lowest BCUT2D eigenvalue weighted by molar-refractivity contribution is 0.534. The Kier molecular flexibility index (Phi) is 4.38. The van der Waals surface area contributed by atoms with Gasteiger partial charge in [-0.05, 0) is 32.0 Å². The quantitative estimate of drug-likeness (QED) is 0.914. The highest BCUT2D eigenvalue weighted by Gasteiger charge is 2.19. The van der Waals surface area contributed by atoms with Gasteiger partial charge in [-0.15, -0.1) is 0 Å². The van der Waals surface area contributed by atoms with Crippen LogP contribution in [0.2, 0.25) is 0 Å². The number of halogens is 2. The molecule has 114 valence electrons. The Bertz CT molecular complexity index is 757. The van der Waals surface area contributed by atoms with Gasteiger partial charge in [0.1, 0.15) is 16.5 Å². The van der Waals surface area contributed by atoms with Gasteiger partial charge in [-0.2, -0.15) is 5.10 Å². The van der Waals surface area contributed by atoms with Crippen molar-refractivity contribution in [2.75, 3.05) is 6.54 Å². The summed E-state index contributed by atoms with van der Waals surface area (Å²) in [4.78, 5) is -0.572. The van der Waals surface area contributed by atoms with Crippen LogP contribution in [0.5, 0.6) is 0 Å². The number of nitrogens with one attached hydrogen (secondary N) is 1. The van der Waals surface area contributed by atoms with Crippen LogP contribution in [-0.4, -0.2) is 24.7 Å². The van der Waals surface area contributed by atoms with Crippen LogP contribution in [0.25, 0.3) is 0 Å². The molecule has 21 heavy (non-hydrogen) atoms. The van der Waals surface area contributed by atoms with Crippen molar-refractivity contribution in [3.05, 3.63) is 47.3 Å². The Hall–Kier alpha value is -1.80. The summed E-state index contributed by atoms with van der Waals surface area (Å²) in [6.45, 7) is 4.07. The molecule has 1 N–H and O–H groups in total. The monoisotopic (exact) mass is 315 g/mol. The van der Waals surface area contributed by atoms with Crippen LogP contribution in [0.4, 0.5) is 8.78 Å². The second-order valence-corrected chi connectivity index (χ2v) is 6.36. The maximum atomic E-state index is 13.5.